The molecule has 0 unspecified atom stereocenters. The Balaban J connectivity index is 1.70. The molecule has 0 fully saturated rings. The number of amides is 1. The van der Waals surface area contributed by atoms with Crippen molar-refractivity contribution in [3.63, 3.8) is 0 Å². The number of halogens is 4. The Morgan fingerprint density at radius 1 is 1.00 bits per heavy atom. The van der Waals surface area contributed by atoms with Crippen LogP contribution in [0.4, 0.5) is 0 Å². The Kier molecular flexibility index (Phi) is 8.75. The number of hydrazone groups is 1. The topological polar surface area (TPSA) is 80.2 Å². The average Bonchev–Trinajstić information content (AvgIpc) is 2.77. The fourth-order valence-electron chi connectivity index (χ4n) is 2.59. The average molecular weight is 692 g/mol. The number of aromatic hydroxyl groups is 1. The SMILES string of the molecule is COc1cc(/C=N\NC(=O)c2cc(Br)c(O)c(Br)c2)c(Br)cc1OCc1ccc(Br)cc1. The third kappa shape index (κ3) is 6.34. The van der Waals surface area contributed by atoms with Gasteiger partial charge in [0.15, 0.2) is 11.5 Å². The van der Waals surface area contributed by atoms with Crippen molar-refractivity contribution < 1.29 is 19.4 Å². The summed E-state index contributed by atoms with van der Waals surface area (Å²) in [6, 6.07) is 14.4. The standard InChI is InChI=1S/C22H16Br4N2O4/c1-31-19-8-14(10-27-28-22(30)13-6-17(25)21(29)18(26)7-13)16(24)9-20(19)32-11-12-2-4-15(23)5-3-12/h2-10,29H,11H2,1H3,(H,28,30)/b27-10-. The molecule has 10 heteroatoms. The fourth-order valence-corrected chi connectivity index (χ4v) is 4.46. The van der Waals surface area contributed by atoms with E-state index in [-0.39, 0.29) is 5.75 Å². The number of phenolic OH excluding ortho intramolecular Hbond substituents is 1. The number of benzene rings is 3. The molecule has 0 bridgehead atoms. The van der Waals surface area contributed by atoms with Gasteiger partial charge >= 0.3 is 0 Å². The molecule has 0 atom stereocenters. The molecular formula is C22H16Br4N2O4. The van der Waals surface area contributed by atoms with E-state index in [4.69, 9.17) is 9.47 Å². The first-order valence-electron chi connectivity index (χ1n) is 9.04. The van der Waals surface area contributed by atoms with Crippen LogP contribution in [-0.4, -0.2) is 24.3 Å². The van der Waals surface area contributed by atoms with Gasteiger partial charge in [-0.25, -0.2) is 5.43 Å². The molecule has 6 nitrogen and oxygen atoms in total. The summed E-state index contributed by atoms with van der Waals surface area (Å²) < 4.78 is 13.9. The molecule has 2 N–H and O–H groups in total. The number of carbonyl (C=O) groups excluding carboxylic acids is 1. The maximum Gasteiger partial charge on any atom is 0.271 e. The van der Waals surface area contributed by atoms with Gasteiger partial charge in [0.2, 0.25) is 0 Å². The molecule has 32 heavy (non-hydrogen) atoms. The molecule has 0 aromatic heterocycles. The molecule has 1 amide bonds. The Bertz CT molecular complexity index is 1140. The normalized spacial score (nSPS) is 10.9. The zero-order chi connectivity index (χ0) is 23.3. The number of rotatable bonds is 7. The number of nitrogens with zero attached hydrogens (tertiary/aromatic N) is 1. The van der Waals surface area contributed by atoms with E-state index in [9.17, 15) is 9.90 Å². The van der Waals surface area contributed by atoms with Crippen LogP contribution in [0.3, 0.4) is 0 Å². The van der Waals surface area contributed by atoms with E-state index in [0.29, 0.717) is 38.2 Å². The zero-order valence-corrected chi connectivity index (χ0v) is 22.9. The van der Waals surface area contributed by atoms with Gasteiger partial charge in [0.1, 0.15) is 12.4 Å². The highest BCUT2D eigenvalue weighted by Crippen LogP contribution is 2.34. The summed E-state index contributed by atoms with van der Waals surface area (Å²) in [7, 11) is 1.55. The van der Waals surface area contributed by atoms with Crippen LogP contribution in [0, 0.1) is 0 Å². The smallest absolute Gasteiger partial charge is 0.271 e. The van der Waals surface area contributed by atoms with E-state index in [1.165, 1.54) is 18.3 Å². The summed E-state index contributed by atoms with van der Waals surface area (Å²) in [6.07, 6.45) is 1.49. The van der Waals surface area contributed by atoms with E-state index >= 15 is 0 Å². The minimum atomic E-state index is -0.430. The van der Waals surface area contributed by atoms with E-state index in [2.05, 4.69) is 74.2 Å². The molecule has 3 rings (SSSR count). The van der Waals surface area contributed by atoms with Crippen molar-refractivity contribution in [2.24, 2.45) is 5.10 Å². The number of nitrogens with one attached hydrogen (secondary N) is 1. The molecule has 0 radical (unpaired) electrons. The van der Waals surface area contributed by atoms with Crippen LogP contribution in [-0.2, 0) is 6.61 Å². The maximum atomic E-state index is 12.3. The predicted molar refractivity (Wildman–Crippen MR) is 138 cm³/mol. The van der Waals surface area contributed by atoms with E-state index in [1.807, 2.05) is 24.3 Å². The number of hydrogen-bond acceptors (Lipinski definition) is 5. The van der Waals surface area contributed by atoms with Crippen LogP contribution >= 0.6 is 63.7 Å². The molecule has 3 aromatic rings. The van der Waals surface area contributed by atoms with Crippen molar-refractivity contribution in [1.82, 2.24) is 5.43 Å². The lowest BCUT2D eigenvalue weighted by molar-refractivity contribution is 0.0955. The van der Waals surface area contributed by atoms with Crippen LogP contribution in [0.2, 0.25) is 0 Å². The number of phenols is 1. The van der Waals surface area contributed by atoms with Crippen molar-refractivity contribution in [2.75, 3.05) is 7.11 Å². The summed E-state index contributed by atoms with van der Waals surface area (Å²) >= 11 is 13.3. The highest BCUT2D eigenvalue weighted by Gasteiger charge is 2.12. The van der Waals surface area contributed by atoms with Crippen LogP contribution in [0.1, 0.15) is 21.5 Å². The van der Waals surface area contributed by atoms with Gasteiger partial charge < -0.3 is 14.6 Å². The highest BCUT2D eigenvalue weighted by atomic mass is 79.9. The second-order valence-electron chi connectivity index (χ2n) is 6.43. The van der Waals surface area contributed by atoms with E-state index < -0.39 is 5.91 Å². The van der Waals surface area contributed by atoms with Gasteiger partial charge in [0.05, 0.1) is 22.3 Å². The van der Waals surface area contributed by atoms with Gasteiger partial charge in [0, 0.05) is 20.1 Å². The zero-order valence-electron chi connectivity index (χ0n) is 16.5. The van der Waals surface area contributed by atoms with Gasteiger partial charge in [-0.1, -0.05) is 28.1 Å². The summed E-state index contributed by atoms with van der Waals surface area (Å²) in [6.45, 7) is 0.386. The number of ether oxygens (including phenoxy) is 2. The predicted octanol–water partition coefficient (Wildman–Crippen LogP) is 6.79. The van der Waals surface area contributed by atoms with E-state index in [0.717, 1.165) is 14.5 Å². The molecule has 3 aromatic carbocycles. The minimum absolute atomic E-state index is 0.0171. The number of hydrogen-bond donors (Lipinski definition) is 2. The van der Waals surface area contributed by atoms with E-state index in [1.54, 1.807) is 19.2 Å². The van der Waals surface area contributed by atoms with Gasteiger partial charge in [-0.2, -0.15) is 5.10 Å². The third-order valence-corrected chi connectivity index (χ3v) is 6.66. The summed E-state index contributed by atoms with van der Waals surface area (Å²) in [4.78, 5) is 12.3. The van der Waals surface area contributed by atoms with Crippen molar-refractivity contribution in [2.45, 2.75) is 6.61 Å². The second-order valence-corrected chi connectivity index (χ2v) is 9.91. The Morgan fingerprint density at radius 3 is 2.28 bits per heavy atom. The Labute approximate surface area is 218 Å². The summed E-state index contributed by atoms with van der Waals surface area (Å²) in [5.74, 6) is 0.690. The molecule has 0 saturated carbocycles. The summed E-state index contributed by atoms with van der Waals surface area (Å²) in [5.41, 5.74) is 4.50. The largest absolute Gasteiger partial charge is 0.506 e. The Hall–Kier alpha value is -1.88. The monoisotopic (exact) mass is 688 g/mol. The molecule has 0 heterocycles. The van der Waals surface area contributed by atoms with Crippen LogP contribution < -0.4 is 14.9 Å². The van der Waals surface area contributed by atoms with Crippen molar-refractivity contribution in [3.05, 3.63) is 83.1 Å². The molecule has 0 aliphatic carbocycles. The molecule has 0 spiro atoms. The first-order valence-corrected chi connectivity index (χ1v) is 12.2. The third-order valence-electron chi connectivity index (χ3n) is 4.24. The lowest BCUT2D eigenvalue weighted by Gasteiger charge is -2.13. The minimum Gasteiger partial charge on any atom is -0.506 e. The molecule has 0 aliphatic rings. The van der Waals surface area contributed by atoms with Gasteiger partial charge in [-0.15, -0.1) is 0 Å². The second kappa shape index (κ2) is 11.3. The first kappa shape index (κ1) is 24.8. The molecular weight excluding hydrogens is 676 g/mol. The number of methoxy groups -OCH3 is 1. The summed E-state index contributed by atoms with van der Waals surface area (Å²) in [5, 5.41) is 13.8. The molecule has 166 valence electrons. The first-order chi connectivity index (χ1) is 15.3. The maximum absolute atomic E-state index is 12.3. The van der Waals surface area contributed by atoms with Crippen molar-refractivity contribution in [1.29, 1.82) is 0 Å². The van der Waals surface area contributed by atoms with Crippen LogP contribution in [0.25, 0.3) is 0 Å². The highest BCUT2D eigenvalue weighted by molar-refractivity contribution is 9.11. The lowest BCUT2D eigenvalue weighted by atomic mass is 10.2. The van der Waals surface area contributed by atoms with Crippen molar-refractivity contribution >= 4 is 75.8 Å². The molecule has 0 saturated heterocycles. The fraction of sp³-hybridized carbons (Fsp3) is 0.0909. The lowest BCUT2D eigenvalue weighted by Crippen LogP contribution is -2.17. The quantitative estimate of drug-likeness (QED) is 0.211. The number of carbonyl (C=O) groups is 1. The Morgan fingerprint density at radius 2 is 1.66 bits per heavy atom. The van der Waals surface area contributed by atoms with Gasteiger partial charge in [-0.05, 0) is 89.8 Å². The van der Waals surface area contributed by atoms with Crippen molar-refractivity contribution in [3.8, 4) is 17.2 Å². The molecule has 0 aliphatic heterocycles. The van der Waals surface area contributed by atoms with Gasteiger partial charge in [0.25, 0.3) is 5.91 Å². The van der Waals surface area contributed by atoms with Crippen LogP contribution in [0.5, 0.6) is 17.2 Å². The van der Waals surface area contributed by atoms with Gasteiger partial charge in [-0.3, -0.25) is 4.79 Å². The van der Waals surface area contributed by atoms with Crippen LogP contribution in [0.15, 0.2) is 71.5 Å².